The molecule has 5 nitrogen and oxygen atoms in total. The zero-order valence-corrected chi connectivity index (χ0v) is 13.7. The first-order valence-electron chi connectivity index (χ1n) is 7.51. The predicted octanol–water partition coefficient (Wildman–Crippen LogP) is 3.06. The van der Waals surface area contributed by atoms with Gasteiger partial charge in [-0.3, -0.25) is 9.79 Å². The summed E-state index contributed by atoms with van der Waals surface area (Å²) >= 11 is 6.11. The van der Waals surface area contributed by atoms with Crippen molar-refractivity contribution in [2.24, 2.45) is 4.99 Å². The lowest BCUT2D eigenvalue weighted by atomic mass is 10.0. The molecule has 1 N–H and O–H groups in total. The molecule has 0 saturated carbocycles. The van der Waals surface area contributed by atoms with Crippen molar-refractivity contribution in [2.45, 2.75) is 13.0 Å². The number of esters is 1. The molecule has 0 aromatic heterocycles. The highest BCUT2D eigenvalue weighted by Gasteiger charge is 2.32. The molecule has 122 valence electrons. The van der Waals surface area contributed by atoms with Crippen molar-refractivity contribution >= 4 is 34.9 Å². The third kappa shape index (κ3) is 3.16. The quantitative estimate of drug-likeness (QED) is 0.688. The normalized spacial score (nSPS) is 16.5. The van der Waals surface area contributed by atoms with E-state index in [9.17, 15) is 9.59 Å². The zero-order valence-electron chi connectivity index (χ0n) is 13.0. The average molecular weight is 343 g/mol. The number of ether oxygens (including phenoxy) is 1. The summed E-state index contributed by atoms with van der Waals surface area (Å²) in [5, 5.41) is 3.24. The number of nitrogens with zero attached hydrogens (tertiary/aromatic N) is 1. The molecule has 2 aromatic rings. The Bertz CT molecular complexity index is 818. The summed E-state index contributed by atoms with van der Waals surface area (Å²) in [6.45, 7) is 1.86. The molecule has 1 amide bonds. The van der Waals surface area contributed by atoms with Crippen LogP contribution in [0.3, 0.4) is 0 Å². The first kappa shape index (κ1) is 16.2. The van der Waals surface area contributed by atoms with Crippen molar-refractivity contribution in [1.29, 1.82) is 0 Å². The molecule has 0 aliphatic carbocycles. The Morgan fingerprint density at radius 1 is 1.25 bits per heavy atom. The van der Waals surface area contributed by atoms with Gasteiger partial charge in [-0.25, -0.2) is 4.79 Å². The van der Waals surface area contributed by atoms with Gasteiger partial charge >= 0.3 is 5.97 Å². The molecule has 2 aromatic carbocycles. The summed E-state index contributed by atoms with van der Waals surface area (Å²) in [5.41, 5.74) is 2.52. The lowest BCUT2D eigenvalue weighted by Gasteiger charge is -2.10. The van der Waals surface area contributed by atoms with Crippen LogP contribution in [0.1, 0.15) is 18.1 Å². The van der Waals surface area contributed by atoms with Gasteiger partial charge in [-0.15, -0.1) is 0 Å². The maximum absolute atomic E-state index is 12.4. The molecule has 3 rings (SSSR count). The minimum Gasteiger partial charge on any atom is -0.464 e. The van der Waals surface area contributed by atoms with Crippen molar-refractivity contribution in [3.63, 3.8) is 0 Å². The molecule has 1 atom stereocenters. The van der Waals surface area contributed by atoms with Crippen LogP contribution < -0.4 is 5.32 Å². The standard InChI is InChI=1S/C18H15ClN2O3/c1-2-24-18(23)16-17(22)20-14-9-8-12(19)10-13(14)15(21-16)11-6-4-3-5-7-11/h3-10,16H,2H2,1H3,(H,20,22)/t16-/m0/s1. The van der Waals surface area contributed by atoms with E-state index >= 15 is 0 Å². The number of rotatable bonds is 3. The number of benzene rings is 2. The summed E-state index contributed by atoms with van der Waals surface area (Å²) in [6, 6.07) is 13.2. The summed E-state index contributed by atoms with van der Waals surface area (Å²) in [5.74, 6) is -1.20. The van der Waals surface area contributed by atoms with Gasteiger partial charge in [-0.05, 0) is 25.1 Å². The van der Waals surface area contributed by atoms with E-state index < -0.39 is 17.9 Å². The van der Waals surface area contributed by atoms with E-state index in [1.807, 2.05) is 30.3 Å². The van der Waals surface area contributed by atoms with E-state index in [1.54, 1.807) is 25.1 Å². The predicted molar refractivity (Wildman–Crippen MR) is 92.6 cm³/mol. The van der Waals surface area contributed by atoms with E-state index in [0.29, 0.717) is 22.0 Å². The van der Waals surface area contributed by atoms with Gasteiger partial charge in [-0.2, -0.15) is 0 Å². The van der Waals surface area contributed by atoms with Crippen LogP contribution in [0.15, 0.2) is 53.5 Å². The second-order valence-corrected chi connectivity index (χ2v) is 5.61. The van der Waals surface area contributed by atoms with Crippen molar-refractivity contribution in [3.05, 3.63) is 64.7 Å². The van der Waals surface area contributed by atoms with Crippen LogP contribution in [0.25, 0.3) is 0 Å². The number of halogens is 1. The molecule has 0 fully saturated rings. The van der Waals surface area contributed by atoms with Gasteiger partial charge < -0.3 is 10.1 Å². The molecule has 1 heterocycles. The minimum absolute atomic E-state index is 0.178. The van der Waals surface area contributed by atoms with E-state index in [4.69, 9.17) is 16.3 Å². The fraction of sp³-hybridized carbons (Fsp3) is 0.167. The fourth-order valence-electron chi connectivity index (χ4n) is 2.49. The lowest BCUT2D eigenvalue weighted by molar-refractivity contribution is -0.146. The summed E-state index contributed by atoms with van der Waals surface area (Å²) in [4.78, 5) is 28.9. The monoisotopic (exact) mass is 342 g/mol. The van der Waals surface area contributed by atoms with Gasteiger partial charge in [0.2, 0.25) is 6.04 Å². The van der Waals surface area contributed by atoms with E-state index in [-0.39, 0.29) is 6.61 Å². The number of benzodiazepines with no additional fused rings is 1. The second kappa shape index (κ2) is 6.84. The number of fused-ring (bicyclic) bond motifs is 1. The highest BCUT2D eigenvalue weighted by molar-refractivity contribution is 6.32. The minimum atomic E-state index is -1.26. The highest BCUT2D eigenvalue weighted by atomic mass is 35.5. The van der Waals surface area contributed by atoms with Crippen LogP contribution >= 0.6 is 11.6 Å². The molecule has 1 aliphatic heterocycles. The van der Waals surface area contributed by atoms with Crippen LogP contribution in [-0.2, 0) is 14.3 Å². The largest absolute Gasteiger partial charge is 0.464 e. The van der Waals surface area contributed by atoms with Crippen LogP contribution in [0.2, 0.25) is 5.02 Å². The number of nitrogens with one attached hydrogen (secondary N) is 1. The number of carbonyl (C=O) groups is 2. The average Bonchev–Trinajstić information content (AvgIpc) is 2.72. The Kier molecular flexibility index (Phi) is 4.62. The molecule has 24 heavy (non-hydrogen) atoms. The van der Waals surface area contributed by atoms with E-state index in [1.165, 1.54) is 0 Å². The topological polar surface area (TPSA) is 67.8 Å². The van der Waals surface area contributed by atoms with Gasteiger partial charge in [-0.1, -0.05) is 41.9 Å². The molecular weight excluding hydrogens is 328 g/mol. The summed E-state index contributed by atoms with van der Waals surface area (Å²) in [7, 11) is 0. The highest BCUT2D eigenvalue weighted by Crippen LogP contribution is 2.27. The molecule has 6 heteroatoms. The van der Waals surface area contributed by atoms with Crippen molar-refractivity contribution in [1.82, 2.24) is 0 Å². The van der Waals surface area contributed by atoms with Crippen LogP contribution in [0, 0.1) is 0 Å². The Morgan fingerprint density at radius 3 is 2.71 bits per heavy atom. The summed E-state index contributed by atoms with van der Waals surface area (Å²) < 4.78 is 4.98. The fourth-order valence-corrected chi connectivity index (χ4v) is 2.66. The lowest BCUT2D eigenvalue weighted by Crippen LogP contribution is -2.34. The maximum atomic E-state index is 12.4. The van der Waals surface area contributed by atoms with Gasteiger partial charge in [0.15, 0.2) is 0 Å². The Morgan fingerprint density at radius 2 is 2.00 bits per heavy atom. The number of hydrogen-bond donors (Lipinski definition) is 1. The number of aliphatic imine (C=N–C) groups is 1. The molecule has 1 aliphatic rings. The van der Waals surface area contributed by atoms with Crippen molar-refractivity contribution in [3.8, 4) is 0 Å². The third-order valence-electron chi connectivity index (χ3n) is 3.56. The molecule has 0 bridgehead atoms. The maximum Gasteiger partial charge on any atom is 0.340 e. The Balaban J connectivity index is 2.18. The smallest absolute Gasteiger partial charge is 0.340 e. The first-order chi connectivity index (χ1) is 11.6. The number of carbonyl (C=O) groups excluding carboxylic acids is 2. The second-order valence-electron chi connectivity index (χ2n) is 5.18. The Labute approximate surface area is 144 Å². The van der Waals surface area contributed by atoms with Crippen molar-refractivity contribution in [2.75, 3.05) is 11.9 Å². The third-order valence-corrected chi connectivity index (χ3v) is 3.79. The van der Waals surface area contributed by atoms with Gasteiger partial charge in [0, 0.05) is 16.1 Å². The van der Waals surface area contributed by atoms with Gasteiger partial charge in [0.05, 0.1) is 18.0 Å². The van der Waals surface area contributed by atoms with E-state index in [2.05, 4.69) is 10.3 Å². The zero-order chi connectivity index (χ0) is 17.1. The first-order valence-corrected chi connectivity index (χ1v) is 7.88. The Hall–Kier alpha value is -2.66. The van der Waals surface area contributed by atoms with Gasteiger partial charge in [0.1, 0.15) is 0 Å². The SMILES string of the molecule is CCOC(=O)[C@H]1N=C(c2ccccc2)c2cc(Cl)ccc2NC1=O. The van der Waals surface area contributed by atoms with Crippen LogP contribution in [-0.4, -0.2) is 30.2 Å². The molecule has 0 spiro atoms. The number of amides is 1. The molecule has 0 saturated heterocycles. The van der Waals surface area contributed by atoms with Gasteiger partial charge in [0.25, 0.3) is 5.91 Å². The molecule has 0 unspecified atom stereocenters. The number of anilines is 1. The molecular formula is C18H15ClN2O3. The number of hydrogen-bond acceptors (Lipinski definition) is 4. The summed E-state index contributed by atoms with van der Waals surface area (Å²) in [6.07, 6.45) is 0. The van der Waals surface area contributed by atoms with Crippen LogP contribution in [0.5, 0.6) is 0 Å². The van der Waals surface area contributed by atoms with Crippen LogP contribution in [0.4, 0.5) is 5.69 Å². The molecule has 0 radical (unpaired) electrons. The van der Waals surface area contributed by atoms with Crippen molar-refractivity contribution < 1.29 is 14.3 Å². The van der Waals surface area contributed by atoms with E-state index in [0.717, 1.165) is 5.56 Å².